The first kappa shape index (κ1) is 18.6. The molecule has 3 aliphatic rings. The summed E-state index contributed by atoms with van der Waals surface area (Å²) in [6, 6.07) is 7.88. The Morgan fingerprint density at radius 2 is 1.73 bits per heavy atom. The van der Waals surface area contributed by atoms with Crippen molar-refractivity contribution in [2.24, 2.45) is 0 Å². The average Bonchev–Trinajstić information content (AvgIpc) is 2.97. The predicted molar refractivity (Wildman–Crippen MR) is 94.8 cm³/mol. The zero-order chi connectivity index (χ0) is 17.2. The van der Waals surface area contributed by atoms with Crippen LogP contribution in [0.1, 0.15) is 22.6 Å². The number of nitrogens with zero attached hydrogens (tertiary/aromatic N) is 1. The van der Waals surface area contributed by atoms with Crippen molar-refractivity contribution in [3.63, 3.8) is 0 Å². The lowest BCUT2D eigenvalue weighted by Gasteiger charge is -2.38. The molecule has 3 aliphatic heterocycles. The van der Waals surface area contributed by atoms with Crippen molar-refractivity contribution >= 4 is 28.6 Å². The minimum absolute atomic E-state index is 0. The van der Waals surface area contributed by atoms with E-state index in [0.29, 0.717) is 34.0 Å². The van der Waals surface area contributed by atoms with Gasteiger partial charge in [-0.15, -0.1) is 22.7 Å². The minimum atomic E-state index is -1.72. The zero-order valence-electron chi connectivity index (χ0n) is 14.1. The Morgan fingerprint density at radius 1 is 1.19 bits per heavy atom. The highest BCUT2D eigenvalue weighted by molar-refractivity contribution is 7.12. The third kappa shape index (κ3) is 2.70. The molecule has 2 aromatic rings. The average molecular weight is 457 g/mol. The van der Waals surface area contributed by atoms with Gasteiger partial charge in [-0.1, -0.05) is 12.1 Å². The molecule has 140 valence electrons. The van der Waals surface area contributed by atoms with Crippen LogP contribution in [0.3, 0.4) is 0 Å². The topological polar surface area (TPSA) is 62.3 Å². The van der Waals surface area contributed by atoms with Crippen molar-refractivity contribution in [2.75, 3.05) is 7.05 Å². The molecule has 5 nitrogen and oxygen atoms in total. The number of hydrogen-bond donors (Lipinski definition) is 1. The van der Waals surface area contributed by atoms with Crippen molar-refractivity contribution in [1.82, 2.24) is 4.90 Å². The highest BCUT2D eigenvalue weighted by Gasteiger charge is 2.63. The maximum Gasteiger partial charge on any atom is 0.349 e. The molecule has 5 heterocycles. The number of esters is 1. The van der Waals surface area contributed by atoms with Gasteiger partial charge in [0.05, 0.1) is 9.75 Å². The maximum absolute atomic E-state index is 13.0. The van der Waals surface area contributed by atoms with Gasteiger partial charge in [0.15, 0.2) is 0 Å². The third-order valence-corrected chi connectivity index (χ3v) is 7.66. The molecule has 0 aliphatic carbocycles. The summed E-state index contributed by atoms with van der Waals surface area (Å²) < 4.78 is 11.5. The van der Waals surface area contributed by atoms with Gasteiger partial charge in [0.25, 0.3) is 0 Å². The predicted octanol–water partition coefficient (Wildman–Crippen LogP) is -0.795. The fourth-order valence-electron chi connectivity index (χ4n) is 4.32. The molecule has 2 aromatic heterocycles. The number of epoxide rings is 1. The van der Waals surface area contributed by atoms with Gasteiger partial charge in [-0.05, 0) is 29.9 Å². The second kappa shape index (κ2) is 6.68. The smallest absolute Gasteiger partial charge is 0.349 e. The molecule has 0 saturated carbocycles. The summed E-state index contributed by atoms with van der Waals surface area (Å²) in [7, 11) is 2.12. The van der Waals surface area contributed by atoms with Gasteiger partial charge in [0, 0.05) is 24.9 Å². The zero-order valence-corrected chi connectivity index (χ0v) is 17.3. The molecule has 3 fully saturated rings. The summed E-state index contributed by atoms with van der Waals surface area (Å²) in [4.78, 5) is 16.6. The van der Waals surface area contributed by atoms with E-state index in [1.54, 1.807) is 12.1 Å². The number of ether oxygens (including phenoxy) is 2. The highest BCUT2D eigenvalue weighted by atomic mass is 79.9. The molecule has 0 radical (unpaired) electrons. The van der Waals surface area contributed by atoms with Crippen LogP contribution in [0.25, 0.3) is 0 Å². The molecule has 5 rings (SSSR count). The van der Waals surface area contributed by atoms with E-state index in [1.165, 1.54) is 22.7 Å². The van der Waals surface area contributed by atoms with E-state index in [4.69, 9.17) is 9.47 Å². The van der Waals surface area contributed by atoms with Crippen LogP contribution in [-0.2, 0) is 19.9 Å². The number of aliphatic hydroxyl groups is 1. The first-order valence-electron chi connectivity index (χ1n) is 8.48. The first-order chi connectivity index (χ1) is 12.1. The van der Waals surface area contributed by atoms with Crippen molar-refractivity contribution in [1.29, 1.82) is 0 Å². The lowest BCUT2D eigenvalue weighted by Crippen LogP contribution is -3.00. The van der Waals surface area contributed by atoms with Crippen LogP contribution in [0.5, 0.6) is 0 Å². The molecule has 3 saturated heterocycles. The lowest BCUT2D eigenvalue weighted by molar-refractivity contribution is -0.171. The van der Waals surface area contributed by atoms with Crippen LogP contribution in [0.15, 0.2) is 35.0 Å². The third-order valence-electron chi connectivity index (χ3n) is 5.70. The van der Waals surface area contributed by atoms with Crippen LogP contribution < -0.4 is 17.0 Å². The molecule has 0 amide bonds. The van der Waals surface area contributed by atoms with Gasteiger partial charge in [-0.3, -0.25) is 4.90 Å². The summed E-state index contributed by atoms with van der Waals surface area (Å²) in [6.07, 6.45) is 1.97. The van der Waals surface area contributed by atoms with Gasteiger partial charge < -0.3 is 31.6 Å². The van der Waals surface area contributed by atoms with Gasteiger partial charge in [0.2, 0.25) is 5.60 Å². The summed E-state index contributed by atoms with van der Waals surface area (Å²) in [6.45, 7) is 0. The lowest BCUT2D eigenvalue weighted by atomic mass is 9.97. The number of halogens is 1. The molecule has 26 heavy (non-hydrogen) atoms. The van der Waals surface area contributed by atoms with E-state index in [9.17, 15) is 9.90 Å². The Hall–Kier alpha value is -0.770. The van der Waals surface area contributed by atoms with E-state index in [1.807, 2.05) is 22.9 Å². The monoisotopic (exact) mass is 456 g/mol. The molecule has 8 heteroatoms. The number of hydrogen-bond acceptors (Lipinski definition) is 7. The molecule has 4 atom stereocenters. The second-order valence-corrected chi connectivity index (χ2v) is 8.92. The largest absolute Gasteiger partial charge is 1.00 e. The Bertz CT molecular complexity index is 729. The molecule has 1 N–H and O–H groups in total. The van der Waals surface area contributed by atoms with Gasteiger partial charge >= 0.3 is 5.97 Å². The second-order valence-electron chi connectivity index (χ2n) is 7.03. The quantitative estimate of drug-likeness (QED) is 0.482. The Balaban J connectivity index is 0.00000168. The maximum atomic E-state index is 13.0. The van der Waals surface area contributed by atoms with Crippen LogP contribution in [0.2, 0.25) is 0 Å². The number of carbonyl (C=O) groups excluding carboxylic acids is 1. The molecular formula is C18H19BrNO4S2-. The Morgan fingerprint density at radius 3 is 2.19 bits per heavy atom. The van der Waals surface area contributed by atoms with Crippen LogP contribution in [0.4, 0.5) is 0 Å². The van der Waals surface area contributed by atoms with Crippen molar-refractivity contribution in [2.45, 2.75) is 48.8 Å². The Kier molecular flexibility index (Phi) is 4.78. The van der Waals surface area contributed by atoms with Crippen molar-refractivity contribution in [3.05, 3.63) is 44.8 Å². The van der Waals surface area contributed by atoms with E-state index in [2.05, 4.69) is 11.9 Å². The van der Waals surface area contributed by atoms with E-state index in [-0.39, 0.29) is 23.1 Å². The van der Waals surface area contributed by atoms with Crippen LogP contribution in [0, 0.1) is 0 Å². The number of likely N-dealkylation sites (N-methyl/N-ethyl adjacent to an activating group) is 1. The van der Waals surface area contributed by atoms with E-state index in [0.717, 1.165) is 12.8 Å². The minimum Gasteiger partial charge on any atom is -1.00 e. The van der Waals surface area contributed by atoms with Gasteiger partial charge in [-0.2, -0.15) is 0 Å². The first-order valence-corrected chi connectivity index (χ1v) is 10.2. The van der Waals surface area contributed by atoms with Crippen LogP contribution >= 0.6 is 22.7 Å². The summed E-state index contributed by atoms with van der Waals surface area (Å²) in [5.41, 5.74) is -1.72. The molecular weight excluding hydrogens is 438 g/mol. The Labute approximate surface area is 170 Å². The summed E-state index contributed by atoms with van der Waals surface area (Å²) >= 11 is 2.73. The normalized spacial score (nSPS) is 32.6. The van der Waals surface area contributed by atoms with Crippen molar-refractivity contribution in [3.8, 4) is 0 Å². The number of rotatable bonds is 4. The summed E-state index contributed by atoms with van der Waals surface area (Å²) in [5.74, 6) is -0.569. The molecule has 0 spiro atoms. The molecule has 0 aromatic carbocycles. The van der Waals surface area contributed by atoms with E-state index < -0.39 is 11.6 Å². The molecule has 2 bridgehead atoms. The number of morpholine rings is 1. The number of fused-ring (bicyclic) bond motifs is 5. The van der Waals surface area contributed by atoms with Crippen molar-refractivity contribution < 1.29 is 36.4 Å². The van der Waals surface area contributed by atoms with Gasteiger partial charge in [-0.25, -0.2) is 4.79 Å². The fraction of sp³-hybridized carbons (Fsp3) is 0.500. The summed E-state index contributed by atoms with van der Waals surface area (Å²) in [5, 5.41) is 15.0. The van der Waals surface area contributed by atoms with Crippen LogP contribution in [-0.4, -0.2) is 53.4 Å². The fourth-order valence-corrected chi connectivity index (χ4v) is 6.04. The number of thiophene rings is 2. The standard InChI is InChI=1S/C18H19NO4S2.BrH/c1-19-11-8-10(9-12(19)16-15(11)23-16)22-17(20)18(21,13-4-2-6-24-13)14-5-3-7-25-14;/h2-7,10-12,15-16,21H,8-9H2,1H3;1H/p-1. The highest BCUT2D eigenvalue weighted by Crippen LogP contribution is 2.48. The molecule has 4 unspecified atom stereocenters. The number of carbonyl (C=O) groups is 1. The number of piperidine rings is 1. The van der Waals surface area contributed by atoms with Gasteiger partial charge in [0.1, 0.15) is 18.3 Å². The van der Waals surface area contributed by atoms with E-state index >= 15 is 0 Å². The SMILES string of the molecule is CN1C2CC(OC(=O)C(O)(c3cccs3)c3cccs3)CC1C1OC12.[Br-].